The van der Waals surface area contributed by atoms with Crippen LogP contribution in [0.5, 0.6) is 11.5 Å². The van der Waals surface area contributed by atoms with Crippen LogP contribution in [0.1, 0.15) is 21.5 Å². The SMILES string of the molecule is C=Cc1ccccc1COC(=O)c1cc(O)cc(O)c1. The van der Waals surface area contributed by atoms with Gasteiger partial charge in [-0.05, 0) is 23.3 Å². The Bertz CT molecular complexity index is 626. The van der Waals surface area contributed by atoms with Crippen LogP contribution in [-0.4, -0.2) is 16.2 Å². The van der Waals surface area contributed by atoms with Gasteiger partial charge in [0.15, 0.2) is 0 Å². The Morgan fingerprint density at radius 3 is 2.45 bits per heavy atom. The summed E-state index contributed by atoms with van der Waals surface area (Å²) < 4.78 is 5.16. The zero-order valence-corrected chi connectivity index (χ0v) is 10.7. The number of rotatable bonds is 4. The van der Waals surface area contributed by atoms with Crippen molar-refractivity contribution in [3.63, 3.8) is 0 Å². The first kappa shape index (κ1) is 13.7. The fourth-order valence-electron chi connectivity index (χ4n) is 1.80. The van der Waals surface area contributed by atoms with E-state index in [1.807, 2.05) is 24.3 Å². The van der Waals surface area contributed by atoms with Crippen molar-refractivity contribution < 1.29 is 19.7 Å². The monoisotopic (exact) mass is 270 g/mol. The fourth-order valence-corrected chi connectivity index (χ4v) is 1.80. The van der Waals surface area contributed by atoms with Gasteiger partial charge in [-0.2, -0.15) is 0 Å². The lowest BCUT2D eigenvalue weighted by molar-refractivity contribution is 0.0471. The second-order valence-corrected chi connectivity index (χ2v) is 4.22. The highest BCUT2D eigenvalue weighted by atomic mass is 16.5. The normalized spacial score (nSPS) is 10.0. The van der Waals surface area contributed by atoms with E-state index in [4.69, 9.17) is 4.74 Å². The zero-order valence-electron chi connectivity index (χ0n) is 10.7. The molecule has 0 aliphatic heterocycles. The Balaban J connectivity index is 2.10. The average Bonchev–Trinajstić information content (AvgIpc) is 2.44. The number of ether oxygens (including phenoxy) is 1. The van der Waals surface area contributed by atoms with Crippen molar-refractivity contribution in [3.8, 4) is 11.5 Å². The van der Waals surface area contributed by atoms with Gasteiger partial charge in [-0.3, -0.25) is 0 Å². The van der Waals surface area contributed by atoms with Crippen LogP contribution >= 0.6 is 0 Å². The van der Waals surface area contributed by atoms with Crippen LogP contribution < -0.4 is 0 Å². The number of phenolic OH excluding ortho intramolecular Hbond substituents is 2. The van der Waals surface area contributed by atoms with Crippen molar-refractivity contribution in [2.45, 2.75) is 6.61 Å². The quantitative estimate of drug-likeness (QED) is 0.838. The summed E-state index contributed by atoms with van der Waals surface area (Å²) in [7, 11) is 0. The van der Waals surface area contributed by atoms with Gasteiger partial charge in [-0.25, -0.2) is 4.79 Å². The van der Waals surface area contributed by atoms with Crippen LogP contribution in [0.25, 0.3) is 6.08 Å². The minimum atomic E-state index is -0.616. The van der Waals surface area contributed by atoms with E-state index in [9.17, 15) is 15.0 Å². The molecule has 2 aromatic carbocycles. The third-order valence-electron chi connectivity index (χ3n) is 2.77. The molecule has 2 N–H and O–H groups in total. The summed E-state index contributed by atoms with van der Waals surface area (Å²) in [5, 5.41) is 18.7. The zero-order chi connectivity index (χ0) is 14.5. The third-order valence-corrected chi connectivity index (χ3v) is 2.77. The van der Waals surface area contributed by atoms with Gasteiger partial charge in [0.25, 0.3) is 0 Å². The summed E-state index contributed by atoms with van der Waals surface area (Å²) in [6.45, 7) is 3.79. The molecule has 0 saturated heterocycles. The molecule has 0 fully saturated rings. The van der Waals surface area contributed by atoms with E-state index >= 15 is 0 Å². The molecule has 0 atom stereocenters. The van der Waals surface area contributed by atoms with Gasteiger partial charge in [-0.1, -0.05) is 36.9 Å². The summed E-state index contributed by atoms with van der Waals surface area (Å²) in [6.07, 6.45) is 1.68. The second-order valence-electron chi connectivity index (χ2n) is 4.22. The summed E-state index contributed by atoms with van der Waals surface area (Å²) in [4.78, 5) is 11.9. The van der Waals surface area contributed by atoms with Gasteiger partial charge in [0.2, 0.25) is 0 Å². The Morgan fingerprint density at radius 2 is 1.80 bits per heavy atom. The maximum Gasteiger partial charge on any atom is 0.338 e. The molecule has 2 aromatic rings. The molecule has 0 bridgehead atoms. The highest BCUT2D eigenvalue weighted by molar-refractivity contribution is 5.90. The number of hydrogen-bond donors (Lipinski definition) is 2. The molecular weight excluding hydrogens is 256 g/mol. The van der Waals surface area contributed by atoms with E-state index in [2.05, 4.69) is 6.58 Å². The Hall–Kier alpha value is -2.75. The Morgan fingerprint density at radius 1 is 1.15 bits per heavy atom. The highest BCUT2D eigenvalue weighted by Crippen LogP contribution is 2.21. The topological polar surface area (TPSA) is 66.8 Å². The molecular formula is C16H14O4. The van der Waals surface area contributed by atoms with Crippen molar-refractivity contribution in [2.75, 3.05) is 0 Å². The number of phenols is 2. The van der Waals surface area contributed by atoms with Crippen LogP contribution in [-0.2, 0) is 11.3 Å². The number of carbonyl (C=O) groups is 1. The molecule has 0 aliphatic carbocycles. The van der Waals surface area contributed by atoms with Gasteiger partial charge in [0, 0.05) is 6.07 Å². The average molecular weight is 270 g/mol. The van der Waals surface area contributed by atoms with E-state index in [0.717, 1.165) is 17.2 Å². The number of hydrogen-bond acceptors (Lipinski definition) is 4. The maximum atomic E-state index is 11.9. The summed E-state index contributed by atoms with van der Waals surface area (Å²) in [5.41, 5.74) is 1.82. The molecule has 0 aromatic heterocycles. The Labute approximate surface area is 116 Å². The minimum Gasteiger partial charge on any atom is -0.508 e. The number of carbonyl (C=O) groups excluding carboxylic acids is 1. The van der Waals surface area contributed by atoms with Crippen LogP contribution in [0.15, 0.2) is 49.0 Å². The van der Waals surface area contributed by atoms with Crippen LogP contribution in [0.2, 0.25) is 0 Å². The fraction of sp³-hybridized carbons (Fsp3) is 0.0625. The molecule has 4 heteroatoms. The maximum absolute atomic E-state index is 11.9. The van der Waals surface area contributed by atoms with Gasteiger partial charge in [0.1, 0.15) is 18.1 Å². The first-order valence-electron chi connectivity index (χ1n) is 6.00. The summed E-state index contributed by atoms with van der Waals surface area (Å²) in [6, 6.07) is 11.0. The summed E-state index contributed by atoms with van der Waals surface area (Å²) in [5.74, 6) is -0.998. The number of benzene rings is 2. The largest absolute Gasteiger partial charge is 0.508 e. The molecule has 0 radical (unpaired) electrons. The van der Waals surface area contributed by atoms with Crippen molar-refractivity contribution in [1.29, 1.82) is 0 Å². The van der Waals surface area contributed by atoms with Gasteiger partial charge in [0.05, 0.1) is 5.56 Å². The van der Waals surface area contributed by atoms with E-state index in [1.54, 1.807) is 6.08 Å². The molecule has 0 amide bonds. The van der Waals surface area contributed by atoms with E-state index in [-0.39, 0.29) is 23.7 Å². The van der Waals surface area contributed by atoms with Gasteiger partial charge in [-0.15, -0.1) is 0 Å². The number of esters is 1. The number of aromatic hydroxyl groups is 2. The standard InChI is InChI=1S/C16H14O4/c1-2-11-5-3-4-6-12(11)10-20-16(19)13-7-14(17)9-15(18)8-13/h2-9,17-18H,1,10H2. The molecule has 0 spiro atoms. The predicted octanol–water partition coefficient (Wildman–Crippen LogP) is 3.10. The van der Waals surface area contributed by atoms with Crippen LogP contribution in [0.4, 0.5) is 0 Å². The first-order chi connectivity index (χ1) is 9.60. The molecule has 4 nitrogen and oxygen atoms in total. The smallest absolute Gasteiger partial charge is 0.338 e. The van der Waals surface area contributed by atoms with Crippen LogP contribution in [0, 0.1) is 0 Å². The molecule has 2 rings (SSSR count). The molecule has 0 aliphatic rings. The first-order valence-corrected chi connectivity index (χ1v) is 6.00. The predicted molar refractivity (Wildman–Crippen MR) is 75.4 cm³/mol. The third kappa shape index (κ3) is 3.17. The molecule has 102 valence electrons. The Kier molecular flexibility index (Phi) is 4.05. The second kappa shape index (κ2) is 5.93. The van der Waals surface area contributed by atoms with Gasteiger partial charge < -0.3 is 14.9 Å². The van der Waals surface area contributed by atoms with Crippen molar-refractivity contribution in [2.24, 2.45) is 0 Å². The van der Waals surface area contributed by atoms with E-state index in [0.29, 0.717) is 0 Å². The highest BCUT2D eigenvalue weighted by Gasteiger charge is 2.11. The molecule has 20 heavy (non-hydrogen) atoms. The summed E-state index contributed by atoms with van der Waals surface area (Å²) >= 11 is 0. The van der Waals surface area contributed by atoms with Gasteiger partial charge >= 0.3 is 5.97 Å². The van der Waals surface area contributed by atoms with Crippen molar-refractivity contribution >= 4 is 12.0 Å². The lowest BCUT2D eigenvalue weighted by Gasteiger charge is -2.08. The van der Waals surface area contributed by atoms with Crippen molar-refractivity contribution in [1.82, 2.24) is 0 Å². The molecule has 0 saturated carbocycles. The van der Waals surface area contributed by atoms with E-state index < -0.39 is 5.97 Å². The minimum absolute atomic E-state index is 0.0947. The lowest BCUT2D eigenvalue weighted by atomic mass is 10.1. The van der Waals surface area contributed by atoms with Crippen LogP contribution in [0.3, 0.4) is 0 Å². The van der Waals surface area contributed by atoms with E-state index in [1.165, 1.54) is 12.1 Å². The molecule has 0 unspecified atom stereocenters. The molecule has 0 heterocycles. The lowest BCUT2D eigenvalue weighted by Crippen LogP contribution is -2.05. The van der Waals surface area contributed by atoms with Crippen molar-refractivity contribution in [3.05, 3.63) is 65.7 Å².